The van der Waals surface area contributed by atoms with Crippen LogP contribution in [0.1, 0.15) is 39.1 Å². The number of carbonyl (C=O) groups excluding carboxylic acids is 1. The molecule has 0 aliphatic heterocycles. The molecule has 2 rings (SSSR count). The molecule has 0 radical (unpaired) electrons. The minimum Gasteiger partial charge on any atom is -0.494 e. The van der Waals surface area contributed by atoms with Crippen LogP contribution in [0.3, 0.4) is 0 Å². The van der Waals surface area contributed by atoms with Gasteiger partial charge in [0.05, 0.1) is 12.2 Å². The topological polar surface area (TPSA) is 75.6 Å². The number of aryl methyl sites for hydroxylation is 1. The largest absolute Gasteiger partial charge is 0.494 e. The van der Waals surface area contributed by atoms with E-state index in [2.05, 4.69) is 5.32 Å². The van der Waals surface area contributed by atoms with E-state index in [9.17, 15) is 9.59 Å². The summed E-state index contributed by atoms with van der Waals surface area (Å²) < 4.78 is 5.62. The van der Waals surface area contributed by atoms with E-state index in [1.54, 1.807) is 12.1 Å². The van der Waals surface area contributed by atoms with Gasteiger partial charge in [0.1, 0.15) is 5.75 Å². The molecule has 0 aliphatic carbocycles. The lowest BCUT2D eigenvalue weighted by Crippen LogP contribution is -2.25. The van der Waals surface area contributed by atoms with Crippen LogP contribution in [0.4, 0.5) is 0 Å². The van der Waals surface area contributed by atoms with E-state index in [1.807, 2.05) is 31.2 Å². The van der Waals surface area contributed by atoms with Crippen molar-refractivity contribution < 1.29 is 19.4 Å². The van der Waals surface area contributed by atoms with Crippen molar-refractivity contribution >= 4 is 11.9 Å². The fraction of sp³-hybridized carbons (Fsp3) is 0.263. The van der Waals surface area contributed by atoms with Gasteiger partial charge in [-0.05, 0) is 50.1 Å². The van der Waals surface area contributed by atoms with Crippen LogP contribution in [0.2, 0.25) is 0 Å². The highest BCUT2D eigenvalue weighted by Crippen LogP contribution is 2.11. The monoisotopic (exact) mass is 327 g/mol. The summed E-state index contributed by atoms with van der Waals surface area (Å²) in [5.41, 5.74) is 1.65. The lowest BCUT2D eigenvalue weighted by Gasteiger charge is -2.08. The molecule has 0 unspecified atom stereocenters. The van der Waals surface area contributed by atoms with E-state index < -0.39 is 5.97 Å². The molecule has 126 valence electrons. The molecular weight excluding hydrogens is 306 g/mol. The molecule has 0 aromatic heterocycles. The molecule has 0 saturated carbocycles. The van der Waals surface area contributed by atoms with Gasteiger partial charge in [-0.3, -0.25) is 4.79 Å². The van der Waals surface area contributed by atoms with E-state index in [1.165, 1.54) is 17.7 Å². The first-order valence-electron chi connectivity index (χ1n) is 7.87. The van der Waals surface area contributed by atoms with Crippen LogP contribution in [-0.2, 0) is 0 Å². The van der Waals surface area contributed by atoms with Crippen LogP contribution in [0, 0.1) is 6.92 Å². The summed E-state index contributed by atoms with van der Waals surface area (Å²) in [6.45, 7) is 3.14. The lowest BCUT2D eigenvalue weighted by molar-refractivity contribution is 0.0697. The number of amides is 1. The highest BCUT2D eigenvalue weighted by atomic mass is 16.5. The maximum Gasteiger partial charge on any atom is 0.335 e. The van der Waals surface area contributed by atoms with Crippen LogP contribution >= 0.6 is 0 Å². The van der Waals surface area contributed by atoms with Gasteiger partial charge in [0.15, 0.2) is 0 Å². The third kappa shape index (κ3) is 5.43. The number of nitrogens with one attached hydrogen (secondary N) is 1. The minimum atomic E-state index is -1.04. The first kappa shape index (κ1) is 17.5. The van der Waals surface area contributed by atoms with Gasteiger partial charge in [0.2, 0.25) is 0 Å². The van der Waals surface area contributed by atoms with Crippen molar-refractivity contribution in [2.24, 2.45) is 0 Å². The second kappa shape index (κ2) is 8.72. The average molecular weight is 327 g/mol. The number of unbranched alkanes of at least 4 members (excludes halogenated alkanes) is 1. The zero-order chi connectivity index (χ0) is 17.4. The van der Waals surface area contributed by atoms with E-state index in [-0.39, 0.29) is 11.5 Å². The normalized spacial score (nSPS) is 10.2. The Kier molecular flexibility index (Phi) is 6.37. The smallest absolute Gasteiger partial charge is 0.335 e. The van der Waals surface area contributed by atoms with Gasteiger partial charge in [-0.1, -0.05) is 23.8 Å². The summed E-state index contributed by atoms with van der Waals surface area (Å²) in [4.78, 5) is 22.9. The fourth-order valence-electron chi connectivity index (χ4n) is 2.15. The van der Waals surface area contributed by atoms with Gasteiger partial charge >= 0.3 is 5.97 Å². The summed E-state index contributed by atoms with van der Waals surface area (Å²) >= 11 is 0. The number of hydrogen-bond acceptors (Lipinski definition) is 3. The predicted octanol–water partition coefficient (Wildman–Crippen LogP) is 3.28. The summed E-state index contributed by atoms with van der Waals surface area (Å²) in [5, 5.41) is 11.7. The number of ether oxygens (including phenoxy) is 1. The molecule has 0 saturated heterocycles. The van der Waals surface area contributed by atoms with Crippen molar-refractivity contribution in [2.45, 2.75) is 19.8 Å². The summed E-state index contributed by atoms with van der Waals surface area (Å²) in [5.74, 6) is -0.467. The van der Waals surface area contributed by atoms with Gasteiger partial charge in [0.25, 0.3) is 5.91 Å². The van der Waals surface area contributed by atoms with E-state index in [0.29, 0.717) is 18.7 Å². The number of benzene rings is 2. The number of aromatic carboxylic acids is 1. The van der Waals surface area contributed by atoms with Gasteiger partial charge in [-0.25, -0.2) is 4.79 Å². The van der Waals surface area contributed by atoms with Crippen LogP contribution in [-0.4, -0.2) is 30.1 Å². The molecule has 0 aliphatic rings. The predicted molar refractivity (Wildman–Crippen MR) is 91.6 cm³/mol. The van der Waals surface area contributed by atoms with Gasteiger partial charge in [0, 0.05) is 12.1 Å². The molecule has 2 aromatic rings. The molecular formula is C19H21NO4. The molecule has 5 heteroatoms. The summed E-state index contributed by atoms with van der Waals surface area (Å²) in [6, 6.07) is 13.9. The lowest BCUT2D eigenvalue weighted by atomic mass is 10.1. The second-order valence-corrected chi connectivity index (χ2v) is 5.51. The highest BCUT2D eigenvalue weighted by Gasteiger charge is 2.08. The molecule has 0 heterocycles. The Morgan fingerprint density at radius 1 is 1.04 bits per heavy atom. The number of hydrogen-bond donors (Lipinski definition) is 2. The molecule has 2 aromatic carbocycles. The second-order valence-electron chi connectivity index (χ2n) is 5.51. The van der Waals surface area contributed by atoms with Gasteiger partial charge < -0.3 is 15.2 Å². The minimum absolute atomic E-state index is 0.106. The number of carboxylic acid groups (broad SMARTS) is 1. The number of carbonyl (C=O) groups is 2. The van der Waals surface area contributed by atoms with Crippen LogP contribution in [0.15, 0.2) is 48.5 Å². The van der Waals surface area contributed by atoms with Crippen LogP contribution < -0.4 is 10.1 Å². The molecule has 0 fully saturated rings. The first-order valence-corrected chi connectivity index (χ1v) is 7.87. The quantitative estimate of drug-likeness (QED) is 0.730. The Hall–Kier alpha value is -2.82. The Labute approximate surface area is 141 Å². The van der Waals surface area contributed by atoms with Gasteiger partial charge in [-0.15, -0.1) is 0 Å². The zero-order valence-corrected chi connectivity index (χ0v) is 13.6. The van der Waals surface area contributed by atoms with Crippen LogP contribution in [0.25, 0.3) is 0 Å². The molecule has 0 atom stereocenters. The van der Waals surface area contributed by atoms with Crippen molar-refractivity contribution in [3.63, 3.8) is 0 Å². The Balaban J connectivity index is 1.66. The Bertz CT molecular complexity index is 695. The molecule has 2 N–H and O–H groups in total. The van der Waals surface area contributed by atoms with E-state index in [4.69, 9.17) is 9.84 Å². The molecule has 5 nitrogen and oxygen atoms in total. The van der Waals surface area contributed by atoms with Crippen molar-refractivity contribution in [2.75, 3.05) is 13.2 Å². The summed E-state index contributed by atoms with van der Waals surface area (Å²) in [7, 11) is 0. The maximum atomic E-state index is 12.0. The average Bonchev–Trinajstić information content (AvgIpc) is 2.59. The van der Waals surface area contributed by atoms with E-state index >= 15 is 0 Å². The molecule has 1 amide bonds. The van der Waals surface area contributed by atoms with Crippen LogP contribution in [0.5, 0.6) is 5.75 Å². The standard InChI is InChI=1S/C19H21NO4/c1-14-7-9-17(10-8-14)24-12-3-2-11-20-18(21)15-5-4-6-16(13-15)19(22)23/h4-10,13H,2-3,11-12H2,1H3,(H,20,21)(H,22,23). The van der Waals surface area contributed by atoms with Crippen molar-refractivity contribution in [1.29, 1.82) is 0 Å². The van der Waals surface area contributed by atoms with Crippen molar-refractivity contribution in [1.82, 2.24) is 5.32 Å². The summed E-state index contributed by atoms with van der Waals surface area (Å²) in [6.07, 6.45) is 1.61. The third-order valence-corrected chi connectivity index (χ3v) is 3.52. The van der Waals surface area contributed by atoms with E-state index in [0.717, 1.165) is 18.6 Å². The van der Waals surface area contributed by atoms with Crippen molar-refractivity contribution in [3.05, 3.63) is 65.2 Å². The molecule has 0 bridgehead atoms. The molecule has 0 spiro atoms. The Morgan fingerprint density at radius 3 is 2.46 bits per heavy atom. The third-order valence-electron chi connectivity index (χ3n) is 3.52. The first-order chi connectivity index (χ1) is 11.6. The Morgan fingerprint density at radius 2 is 1.75 bits per heavy atom. The molecule has 24 heavy (non-hydrogen) atoms. The zero-order valence-electron chi connectivity index (χ0n) is 13.6. The van der Waals surface area contributed by atoms with Gasteiger partial charge in [-0.2, -0.15) is 0 Å². The number of rotatable bonds is 8. The van der Waals surface area contributed by atoms with Crippen molar-refractivity contribution in [3.8, 4) is 5.75 Å². The SMILES string of the molecule is Cc1ccc(OCCCCNC(=O)c2cccc(C(=O)O)c2)cc1. The maximum absolute atomic E-state index is 12.0. The number of carboxylic acids is 1. The fourth-order valence-corrected chi connectivity index (χ4v) is 2.15. The highest BCUT2D eigenvalue weighted by molar-refractivity contribution is 5.97.